The van der Waals surface area contributed by atoms with Crippen LogP contribution in [0.3, 0.4) is 0 Å². The molecule has 0 heterocycles. The fraction of sp³-hybridized carbons (Fsp3) is 0.222. The van der Waals surface area contributed by atoms with Gasteiger partial charge >= 0.3 is 5.97 Å². The number of nitrogens with two attached hydrogens (primary N) is 1. The van der Waals surface area contributed by atoms with E-state index in [1.165, 1.54) is 12.1 Å². The normalized spacial score (nSPS) is 12.4. The molecule has 0 amide bonds. The molecule has 1 aromatic rings. The number of rotatable bonds is 3. The maximum Gasteiger partial charge on any atom is 0.305 e. The van der Waals surface area contributed by atoms with Gasteiger partial charge in [0, 0.05) is 11.6 Å². The number of benzene rings is 1. The fourth-order valence-electron chi connectivity index (χ4n) is 1.13. The summed E-state index contributed by atoms with van der Waals surface area (Å²) < 4.78 is 12.8. The van der Waals surface area contributed by atoms with Gasteiger partial charge in [-0.25, -0.2) is 4.39 Å². The Balaban J connectivity index is 2.95. The number of hydrogen-bond acceptors (Lipinski definition) is 3. The van der Waals surface area contributed by atoms with Crippen LogP contribution in [0, 0.1) is 5.82 Å². The van der Waals surface area contributed by atoms with Crippen molar-refractivity contribution < 1.29 is 19.4 Å². The molecular formula is C9H10FNO3. The molecule has 0 radical (unpaired) electrons. The molecule has 76 valence electrons. The van der Waals surface area contributed by atoms with Crippen LogP contribution in [0.5, 0.6) is 5.75 Å². The van der Waals surface area contributed by atoms with Crippen molar-refractivity contribution in [1.29, 1.82) is 0 Å². The Bertz CT molecular complexity index is 354. The second-order valence-electron chi connectivity index (χ2n) is 2.88. The molecule has 1 rings (SSSR count). The topological polar surface area (TPSA) is 83.6 Å². The highest BCUT2D eigenvalue weighted by Crippen LogP contribution is 2.26. The second-order valence-corrected chi connectivity index (χ2v) is 2.88. The van der Waals surface area contributed by atoms with Crippen LogP contribution in [-0.4, -0.2) is 16.2 Å². The molecule has 0 spiro atoms. The van der Waals surface area contributed by atoms with Gasteiger partial charge in [0.15, 0.2) is 11.6 Å². The van der Waals surface area contributed by atoms with E-state index in [1.54, 1.807) is 0 Å². The first kappa shape index (κ1) is 10.5. The molecular weight excluding hydrogens is 189 g/mol. The third kappa shape index (κ3) is 2.20. The number of halogens is 1. The van der Waals surface area contributed by atoms with Gasteiger partial charge in [0.25, 0.3) is 0 Å². The number of phenols is 1. The van der Waals surface area contributed by atoms with Crippen LogP contribution in [0.15, 0.2) is 18.2 Å². The van der Waals surface area contributed by atoms with Crippen molar-refractivity contribution >= 4 is 5.97 Å². The highest BCUT2D eigenvalue weighted by Gasteiger charge is 2.16. The maximum absolute atomic E-state index is 12.8. The Labute approximate surface area is 79.8 Å². The summed E-state index contributed by atoms with van der Waals surface area (Å²) in [6, 6.07) is 2.94. The largest absolute Gasteiger partial charge is 0.505 e. The van der Waals surface area contributed by atoms with Gasteiger partial charge in [-0.3, -0.25) is 4.79 Å². The van der Waals surface area contributed by atoms with Crippen molar-refractivity contribution in [3.8, 4) is 5.75 Å². The number of para-hydroxylation sites is 1. The lowest BCUT2D eigenvalue weighted by Crippen LogP contribution is -2.15. The monoisotopic (exact) mass is 199 g/mol. The van der Waals surface area contributed by atoms with E-state index < -0.39 is 23.6 Å². The van der Waals surface area contributed by atoms with E-state index in [2.05, 4.69) is 0 Å². The fourth-order valence-corrected chi connectivity index (χ4v) is 1.13. The van der Waals surface area contributed by atoms with E-state index in [0.717, 1.165) is 6.07 Å². The maximum atomic E-state index is 12.8. The molecule has 1 unspecified atom stereocenters. The van der Waals surface area contributed by atoms with E-state index in [0.29, 0.717) is 0 Å². The zero-order chi connectivity index (χ0) is 10.7. The number of aliphatic carboxylic acids is 1. The second kappa shape index (κ2) is 4.06. The molecule has 0 aliphatic heterocycles. The molecule has 4 N–H and O–H groups in total. The summed E-state index contributed by atoms with van der Waals surface area (Å²) >= 11 is 0. The summed E-state index contributed by atoms with van der Waals surface area (Å²) in [7, 11) is 0. The lowest BCUT2D eigenvalue weighted by Gasteiger charge is -2.11. The van der Waals surface area contributed by atoms with Gasteiger partial charge < -0.3 is 15.9 Å². The van der Waals surface area contributed by atoms with Gasteiger partial charge in [0.1, 0.15) is 0 Å². The Morgan fingerprint density at radius 2 is 2.21 bits per heavy atom. The van der Waals surface area contributed by atoms with Crippen LogP contribution >= 0.6 is 0 Å². The van der Waals surface area contributed by atoms with Crippen LogP contribution < -0.4 is 5.73 Å². The van der Waals surface area contributed by atoms with Gasteiger partial charge in [0.2, 0.25) is 0 Å². The number of hydrogen-bond donors (Lipinski definition) is 3. The minimum absolute atomic E-state index is 0.104. The standard InChI is InChI=1S/C9H10FNO3/c10-6-3-1-2-5(9(6)14)7(11)4-8(12)13/h1-3,7,14H,4,11H2,(H,12,13). The molecule has 5 heteroatoms. The third-order valence-corrected chi connectivity index (χ3v) is 1.81. The van der Waals surface area contributed by atoms with E-state index >= 15 is 0 Å². The summed E-state index contributed by atoms with van der Waals surface area (Å²) in [6.07, 6.45) is -0.350. The first-order valence-corrected chi connectivity index (χ1v) is 3.97. The third-order valence-electron chi connectivity index (χ3n) is 1.81. The Morgan fingerprint density at radius 3 is 2.79 bits per heavy atom. The molecule has 0 fully saturated rings. The zero-order valence-electron chi connectivity index (χ0n) is 7.27. The molecule has 4 nitrogen and oxygen atoms in total. The molecule has 0 saturated carbocycles. The molecule has 0 aromatic heterocycles. The lowest BCUT2D eigenvalue weighted by atomic mass is 10.0. The predicted octanol–water partition coefficient (Wildman–Crippen LogP) is 1.01. The van der Waals surface area contributed by atoms with Crippen LogP contribution in [0.25, 0.3) is 0 Å². The first-order chi connectivity index (χ1) is 6.52. The molecule has 14 heavy (non-hydrogen) atoms. The summed E-state index contributed by atoms with van der Waals surface area (Å²) in [5.74, 6) is -2.48. The van der Waals surface area contributed by atoms with Crippen molar-refractivity contribution in [2.45, 2.75) is 12.5 Å². The quantitative estimate of drug-likeness (QED) is 0.678. The van der Waals surface area contributed by atoms with Gasteiger partial charge in [-0.05, 0) is 6.07 Å². The summed E-state index contributed by atoms with van der Waals surface area (Å²) in [5, 5.41) is 17.7. The molecule has 1 atom stereocenters. The Kier molecular flexibility index (Phi) is 3.03. The van der Waals surface area contributed by atoms with Crippen molar-refractivity contribution in [1.82, 2.24) is 0 Å². The highest BCUT2D eigenvalue weighted by atomic mass is 19.1. The minimum Gasteiger partial charge on any atom is -0.505 e. The highest BCUT2D eigenvalue weighted by molar-refractivity contribution is 5.68. The summed E-state index contributed by atoms with van der Waals surface area (Å²) in [4.78, 5) is 10.3. The van der Waals surface area contributed by atoms with Crippen molar-refractivity contribution in [3.63, 3.8) is 0 Å². The number of carboxylic acids is 1. The number of aromatic hydroxyl groups is 1. The van der Waals surface area contributed by atoms with E-state index in [9.17, 15) is 14.3 Å². The predicted molar refractivity (Wildman–Crippen MR) is 47.2 cm³/mol. The van der Waals surface area contributed by atoms with Crippen LogP contribution in [-0.2, 0) is 4.79 Å². The SMILES string of the molecule is NC(CC(=O)O)c1cccc(F)c1O. The number of carboxylic acid groups (broad SMARTS) is 1. The molecule has 0 bridgehead atoms. The smallest absolute Gasteiger partial charge is 0.305 e. The van der Waals surface area contributed by atoms with E-state index in [-0.39, 0.29) is 12.0 Å². The first-order valence-electron chi connectivity index (χ1n) is 3.97. The molecule has 0 saturated heterocycles. The average Bonchev–Trinajstić information content (AvgIpc) is 2.08. The summed E-state index contributed by atoms with van der Waals surface area (Å²) in [6.45, 7) is 0. The van der Waals surface area contributed by atoms with Gasteiger partial charge in [-0.2, -0.15) is 0 Å². The van der Waals surface area contributed by atoms with Crippen LogP contribution in [0.4, 0.5) is 4.39 Å². The molecule has 1 aromatic carbocycles. The number of phenolic OH excluding ortho intramolecular Hbond substituents is 1. The van der Waals surface area contributed by atoms with Gasteiger partial charge in [-0.1, -0.05) is 12.1 Å². The van der Waals surface area contributed by atoms with Crippen molar-refractivity contribution in [2.24, 2.45) is 5.73 Å². The van der Waals surface area contributed by atoms with Crippen molar-refractivity contribution in [2.75, 3.05) is 0 Å². The summed E-state index contributed by atoms with van der Waals surface area (Å²) in [5.41, 5.74) is 5.56. The van der Waals surface area contributed by atoms with Crippen molar-refractivity contribution in [3.05, 3.63) is 29.6 Å². The van der Waals surface area contributed by atoms with Crippen LogP contribution in [0.2, 0.25) is 0 Å². The average molecular weight is 199 g/mol. The lowest BCUT2D eigenvalue weighted by molar-refractivity contribution is -0.137. The number of carbonyl (C=O) groups is 1. The Morgan fingerprint density at radius 1 is 1.57 bits per heavy atom. The van der Waals surface area contributed by atoms with E-state index in [1.807, 2.05) is 0 Å². The van der Waals surface area contributed by atoms with Crippen LogP contribution in [0.1, 0.15) is 18.0 Å². The van der Waals surface area contributed by atoms with Gasteiger partial charge in [0.05, 0.1) is 6.42 Å². The molecule has 0 aliphatic carbocycles. The zero-order valence-corrected chi connectivity index (χ0v) is 7.27. The van der Waals surface area contributed by atoms with E-state index in [4.69, 9.17) is 10.8 Å². The van der Waals surface area contributed by atoms with Gasteiger partial charge in [-0.15, -0.1) is 0 Å². The minimum atomic E-state index is -1.10. The Hall–Kier alpha value is -1.62. The molecule has 0 aliphatic rings.